The molecule has 0 fully saturated rings. The maximum atomic E-state index is 5.84. The Kier molecular flexibility index (Phi) is 14.5. The Bertz CT molecular complexity index is 681. The van der Waals surface area contributed by atoms with Gasteiger partial charge in [0.15, 0.2) is 11.6 Å². The van der Waals surface area contributed by atoms with Crippen LogP contribution in [0.4, 0.5) is 0 Å². The smallest absolute Gasteiger partial charge is 0.159 e. The number of unbranched alkanes of at least 4 members (excludes halogenated alkanes) is 13. The SMILES string of the molecule is CCCCCCCCCCCCCCOc1cnc(-c2ccc(CCCCC)cc2)nc1. The van der Waals surface area contributed by atoms with Crippen LogP contribution < -0.4 is 4.74 Å². The maximum absolute atomic E-state index is 5.84. The molecule has 0 radical (unpaired) electrons. The molecule has 0 unspecified atom stereocenters. The minimum Gasteiger partial charge on any atom is -0.490 e. The maximum Gasteiger partial charge on any atom is 0.159 e. The molecule has 0 spiro atoms. The van der Waals surface area contributed by atoms with E-state index in [1.807, 2.05) is 0 Å². The lowest BCUT2D eigenvalue weighted by molar-refractivity contribution is 0.302. The molecule has 32 heavy (non-hydrogen) atoms. The third kappa shape index (κ3) is 11.6. The quantitative estimate of drug-likeness (QED) is 0.205. The van der Waals surface area contributed by atoms with Crippen LogP contribution >= 0.6 is 0 Å². The highest BCUT2D eigenvalue weighted by molar-refractivity contribution is 5.55. The second-order valence-corrected chi connectivity index (χ2v) is 9.13. The van der Waals surface area contributed by atoms with Crippen LogP contribution in [0.2, 0.25) is 0 Å². The van der Waals surface area contributed by atoms with Gasteiger partial charge in [-0.25, -0.2) is 9.97 Å². The van der Waals surface area contributed by atoms with E-state index in [1.165, 1.54) is 95.5 Å². The zero-order chi connectivity index (χ0) is 22.7. The topological polar surface area (TPSA) is 35.0 Å². The Labute approximate surface area is 197 Å². The van der Waals surface area contributed by atoms with E-state index < -0.39 is 0 Å². The number of hydrogen-bond acceptors (Lipinski definition) is 3. The van der Waals surface area contributed by atoms with Gasteiger partial charge in [0, 0.05) is 5.56 Å². The number of hydrogen-bond donors (Lipinski definition) is 0. The van der Waals surface area contributed by atoms with Crippen LogP contribution in [0.5, 0.6) is 5.75 Å². The molecule has 2 aromatic rings. The molecular formula is C29H46N2O. The van der Waals surface area contributed by atoms with Gasteiger partial charge in [0.05, 0.1) is 19.0 Å². The Morgan fingerprint density at radius 3 is 1.66 bits per heavy atom. The largest absolute Gasteiger partial charge is 0.490 e. The average molecular weight is 439 g/mol. The van der Waals surface area contributed by atoms with Gasteiger partial charge in [-0.15, -0.1) is 0 Å². The van der Waals surface area contributed by atoms with Crippen molar-refractivity contribution >= 4 is 0 Å². The highest BCUT2D eigenvalue weighted by Crippen LogP contribution is 2.19. The third-order valence-electron chi connectivity index (χ3n) is 6.18. The van der Waals surface area contributed by atoms with Gasteiger partial charge in [0.2, 0.25) is 0 Å². The van der Waals surface area contributed by atoms with Crippen LogP contribution in [0.1, 0.15) is 116 Å². The summed E-state index contributed by atoms with van der Waals surface area (Å²) >= 11 is 0. The molecule has 0 N–H and O–H groups in total. The van der Waals surface area contributed by atoms with E-state index in [4.69, 9.17) is 4.74 Å². The van der Waals surface area contributed by atoms with Gasteiger partial charge in [-0.3, -0.25) is 0 Å². The van der Waals surface area contributed by atoms with Crippen LogP contribution in [-0.4, -0.2) is 16.6 Å². The molecule has 0 saturated heterocycles. The van der Waals surface area contributed by atoms with Crippen molar-refractivity contribution in [3.05, 3.63) is 42.2 Å². The predicted molar refractivity (Wildman–Crippen MR) is 137 cm³/mol. The minimum atomic E-state index is 0.757. The van der Waals surface area contributed by atoms with Crippen molar-refractivity contribution in [2.75, 3.05) is 6.61 Å². The zero-order valence-electron chi connectivity index (χ0n) is 20.8. The lowest BCUT2D eigenvalue weighted by Crippen LogP contribution is -1.99. The van der Waals surface area contributed by atoms with Gasteiger partial charge in [-0.05, 0) is 24.8 Å². The lowest BCUT2D eigenvalue weighted by atomic mass is 10.1. The molecule has 0 saturated carbocycles. The molecule has 0 aliphatic rings. The standard InChI is InChI=1S/C29H46N2O/c1-3-5-7-8-9-10-11-12-13-14-15-17-23-32-28-24-30-29(31-25-28)27-21-19-26(20-22-27)18-16-6-4-2/h19-22,24-25H,3-18,23H2,1-2H3. The molecule has 1 aromatic heterocycles. The number of benzene rings is 1. The summed E-state index contributed by atoms with van der Waals surface area (Å²) in [5, 5.41) is 0. The highest BCUT2D eigenvalue weighted by atomic mass is 16.5. The zero-order valence-corrected chi connectivity index (χ0v) is 20.8. The molecule has 0 bridgehead atoms. The minimum absolute atomic E-state index is 0.757. The predicted octanol–water partition coefficient (Wildman–Crippen LogP) is 8.96. The fraction of sp³-hybridized carbons (Fsp3) is 0.655. The number of aromatic nitrogens is 2. The van der Waals surface area contributed by atoms with Gasteiger partial charge in [-0.1, -0.05) is 122 Å². The summed E-state index contributed by atoms with van der Waals surface area (Å²) in [7, 11) is 0. The Balaban J connectivity index is 1.52. The van der Waals surface area contributed by atoms with Crippen molar-refractivity contribution in [1.29, 1.82) is 0 Å². The summed E-state index contributed by atoms with van der Waals surface area (Å²) in [6.07, 6.45) is 24.9. The molecule has 178 valence electrons. The first-order valence-electron chi connectivity index (χ1n) is 13.4. The second kappa shape index (κ2) is 17.6. The number of ether oxygens (including phenoxy) is 1. The van der Waals surface area contributed by atoms with Crippen LogP contribution in [-0.2, 0) is 6.42 Å². The summed E-state index contributed by atoms with van der Waals surface area (Å²) in [5.74, 6) is 1.54. The summed E-state index contributed by atoms with van der Waals surface area (Å²) in [4.78, 5) is 9.00. The Hall–Kier alpha value is -1.90. The van der Waals surface area contributed by atoms with Crippen molar-refractivity contribution in [2.45, 2.75) is 117 Å². The average Bonchev–Trinajstić information content (AvgIpc) is 2.83. The number of rotatable bonds is 19. The monoisotopic (exact) mass is 438 g/mol. The van der Waals surface area contributed by atoms with Gasteiger partial charge in [0.1, 0.15) is 0 Å². The van der Waals surface area contributed by atoms with Crippen LogP contribution in [0.25, 0.3) is 11.4 Å². The second-order valence-electron chi connectivity index (χ2n) is 9.13. The fourth-order valence-corrected chi connectivity index (χ4v) is 4.07. The van der Waals surface area contributed by atoms with Crippen LogP contribution in [0.3, 0.4) is 0 Å². The normalized spacial score (nSPS) is 11.1. The van der Waals surface area contributed by atoms with Gasteiger partial charge >= 0.3 is 0 Å². The molecule has 2 rings (SSSR count). The first-order valence-corrected chi connectivity index (χ1v) is 13.4. The molecule has 0 aliphatic carbocycles. The summed E-state index contributed by atoms with van der Waals surface area (Å²) in [6.45, 7) is 5.28. The van der Waals surface area contributed by atoms with Crippen molar-refractivity contribution in [3.63, 3.8) is 0 Å². The van der Waals surface area contributed by atoms with E-state index in [2.05, 4.69) is 48.1 Å². The fourth-order valence-electron chi connectivity index (χ4n) is 4.07. The van der Waals surface area contributed by atoms with Crippen molar-refractivity contribution in [1.82, 2.24) is 9.97 Å². The van der Waals surface area contributed by atoms with E-state index in [0.717, 1.165) is 36.6 Å². The van der Waals surface area contributed by atoms with E-state index in [0.29, 0.717) is 0 Å². The highest BCUT2D eigenvalue weighted by Gasteiger charge is 2.03. The van der Waals surface area contributed by atoms with Crippen LogP contribution in [0.15, 0.2) is 36.7 Å². The molecule has 0 atom stereocenters. The van der Waals surface area contributed by atoms with Crippen LogP contribution in [0, 0.1) is 0 Å². The molecule has 1 heterocycles. The molecule has 1 aromatic carbocycles. The van der Waals surface area contributed by atoms with Crippen molar-refractivity contribution < 1.29 is 4.74 Å². The molecule has 0 amide bonds. The van der Waals surface area contributed by atoms with Gasteiger partial charge < -0.3 is 4.74 Å². The van der Waals surface area contributed by atoms with E-state index in [-0.39, 0.29) is 0 Å². The molecule has 3 nitrogen and oxygen atoms in total. The summed E-state index contributed by atoms with van der Waals surface area (Å²) in [5.41, 5.74) is 2.46. The van der Waals surface area contributed by atoms with Gasteiger partial charge in [0.25, 0.3) is 0 Å². The molecular weight excluding hydrogens is 392 g/mol. The van der Waals surface area contributed by atoms with E-state index in [9.17, 15) is 0 Å². The number of aryl methyl sites for hydroxylation is 1. The third-order valence-corrected chi connectivity index (χ3v) is 6.18. The molecule has 3 heteroatoms. The van der Waals surface area contributed by atoms with Crippen molar-refractivity contribution in [2.24, 2.45) is 0 Å². The molecule has 0 aliphatic heterocycles. The lowest BCUT2D eigenvalue weighted by Gasteiger charge is -2.07. The van der Waals surface area contributed by atoms with Gasteiger partial charge in [-0.2, -0.15) is 0 Å². The summed E-state index contributed by atoms with van der Waals surface area (Å²) in [6, 6.07) is 8.66. The van der Waals surface area contributed by atoms with E-state index >= 15 is 0 Å². The Morgan fingerprint density at radius 2 is 1.09 bits per heavy atom. The van der Waals surface area contributed by atoms with E-state index in [1.54, 1.807) is 12.4 Å². The first kappa shape index (κ1) is 26.4. The number of nitrogens with zero attached hydrogens (tertiary/aromatic N) is 2. The first-order chi connectivity index (χ1) is 15.8. The summed E-state index contributed by atoms with van der Waals surface area (Å²) < 4.78 is 5.84. The van der Waals surface area contributed by atoms with Crippen molar-refractivity contribution in [3.8, 4) is 17.1 Å². The Morgan fingerprint density at radius 1 is 0.594 bits per heavy atom.